The van der Waals surface area contributed by atoms with Crippen LogP contribution in [0, 0.1) is 13.8 Å². The van der Waals surface area contributed by atoms with Crippen molar-refractivity contribution < 1.29 is 23.4 Å². The van der Waals surface area contributed by atoms with Gasteiger partial charge in [0.05, 0.1) is 17.7 Å². The van der Waals surface area contributed by atoms with Crippen LogP contribution in [0.4, 0.5) is 8.78 Å². The normalized spacial score (nSPS) is 10.8. The third-order valence-electron chi connectivity index (χ3n) is 2.97. The van der Waals surface area contributed by atoms with Crippen molar-refractivity contribution in [2.45, 2.75) is 40.0 Å². The summed E-state index contributed by atoms with van der Waals surface area (Å²) in [6.07, 6.45) is -1.09. The zero-order valence-corrected chi connectivity index (χ0v) is 11.3. The van der Waals surface area contributed by atoms with Gasteiger partial charge in [0.25, 0.3) is 6.43 Å². The number of carboxylic acids is 1. The van der Waals surface area contributed by atoms with Gasteiger partial charge in [0.15, 0.2) is 0 Å². The maximum absolute atomic E-state index is 13.1. The van der Waals surface area contributed by atoms with Crippen molar-refractivity contribution in [3.63, 3.8) is 0 Å². The van der Waals surface area contributed by atoms with Gasteiger partial charge >= 0.3 is 5.97 Å². The molecular weight excluding hydrogens is 254 g/mol. The van der Waals surface area contributed by atoms with E-state index in [0.29, 0.717) is 12.2 Å². The molecule has 0 saturated carbocycles. The number of hydrogen-bond donors (Lipinski definition) is 1. The van der Waals surface area contributed by atoms with Crippen molar-refractivity contribution in [2.75, 3.05) is 6.61 Å². The zero-order valence-electron chi connectivity index (χ0n) is 11.3. The summed E-state index contributed by atoms with van der Waals surface area (Å²) in [4.78, 5) is 11.1. The molecule has 0 fully saturated rings. The number of halogens is 2. The van der Waals surface area contributed by atoms with Gasteiger partial charge in [0, 0.05) is 0 Å². The first-order valence-corrected chi connectivity index (χ1v) is 6.18. The Labute approximate surface area is 111 Å². The first-order valence-electron chi connectivity index (χ1n) is 6.18. The second-order valence-electron chi connectivity index (χ2n) is 4.41. The van der Waals surface area contributed by atoms with Crippen molar-refractivity contribution in [3.8, 4) is 5.75 Å². The first-order chi connectivity index (χ1) is 8.90. The summed E-state index contributed by atoms with van der Waals surface area (Å²) in [5.74, 6) is -1.11. The molecule has 1 aromatic rings. The summed E-state index contributed by atoms with van der Waals surface area (Å²) < 4.78 is 31.6. The van der Waals surface area contributed by atoms with Crippen molar-refractivity contribution >= 4 is 5.97 Å². The molecule has 0 heterocycles. The third kappa shape index (κ3) is 3.43. The van der Waals surface area contributed by atoms with Crippen LogP contribution in [-0.2, 0) is 0 Å². The molecule has 1 N–H and O–H groups in total. The predicted octanol–water partition coefficient (Wildman–Crippen LogP) is 4.12. The average Bonchev–Trinajstić information content (AvgIpc) is 2.27. The van der Waals surface area contributed by atoms with E-state index in [1.165, 1.54) is 13.0 Å². The number of unbranched alkanes of at least 4 members (excludes halogenated alkanes) is 1. The third-order valence-corrected chi connectivity index (χ3v) is 2.97. The van der Waals surface area contributed by atoms with E-state index < -0.39 is 12.4 Å². The highest BCUT2D eigenvalue weighted by Gasteiger charge is 2.24. The van der Waals surface area contributed by atoms with Crippen LogP contribution < -0.4 is 4.74 Å². The molecule has 5 heteroatoms. The lowest BCUT2D eigenvalue weighted by Crippen LogP contribution is -2.09. The summed E-state index contributed by atoms with van der Waals surface area (Å²) in [7, 11) is 0. The molecule has 0 saturated heterocycles. The lowest BCUT2D eigenvalue weighted by molar-refractivity contribution is 0.0694. The first kappa shape index (κ1) is 15.4. The smallest absolute Gasteiger partial charge is 0.336 e. The Kier molecular flexibility index (Phi) is 5.27. The largest absolute Gasteiger partial charge is 0.493 e. The van der Waals surface area contributed by atoms with Crippen molar-refractivity contribution in [2.24, 2.45) is 0 Å². The Morgan fingerprint density at radius 1 is 1.42 bits per heavy atom. The van der Waals surface area contributed by atoms with Gasteiger partial charge in [-0.2, -0.15) is 0 Å². The molecule has 0 aromatic heterocycles. The van der Waals surface area contributed by atoms with Crippen LogP contribution in [0.15, 0.2) is 6.07 Å². The Balaban J connectivity index is 3.27. The van der Waals surface area contributed by atoms with Crippen LogP contribution in [0.5, 0.6) is 5.75 Å². The molecule has 0 atom stereocenters. The summed E-state index contributed by atoms with van der Waals surface area (Å²) >= 11 is 0. The SMILES string of the molecule is CCCCOc1cc(C)c(C(=O)O)c(C)c1C(F)F. The highest BCUT2D eigenvalue weighted by molar-refractivity contribution is 5.92. The van der Waals surface area contributed by atoms with Gasteiger partial charge in [-0.05, 0) is 37.5 Å². The second-order valence-corrected chi connectivity index (χ2v) is 4.41. The Morgan fingerprint density at radius 3 is 2.53 bits per heavy atom. The molecular formula is C14H18F2O3. The van der Waals surface area contributed by atoms with Gasteiger partial charge < -0.3 is 9.84 Å². The molecule has 0 bridgehead atoms. The van der Waals surface area contributed by atoms with Crippen molar-refractivity contribution in [1.29, 1.82) is 0 Å². The van der Waals surface area contributed by atoms with E-state index in [0.717, 1.165) is 12.8 Å². The zero-order chi connectivity index (χ0) is 14.6. The number of rotatable bonds is 6. The highest BCUT2D eigenvalue weighted by Crippen LogP contribution is 2.35. The molecule has 19 heavy (non-hydrogen) atoms. The van der Waals surface area contributed by atoms with Crippen LogP contribution in [0.3, 0.4) is 0 Å². The molecule has 1 rings (SSSR count). The monoisotopic (exact) mass is 272 g/mol. The fraction of sp³-hybridized carbons (Fsp3) is 0.500. The number of ether oxygens (including phenoxy) is 1. The van der Waals surface area contributed by atoms with Gasteiger partial charge in [-0.15, -0.1) is 0 Å². The minimum Gasteiger partial charge on any atom is -0.493 e. The second kappa shape index (κ2) is 6.50. The molecule has 106 valence electrons. The number of alkyl halides is 2. The molecule has 0 spiro atoms. The van der Waals surface area contributed by atoms with Crippen LogP contribution in [0.25, 0.3) is 0 Å². The average molecular weight is 272 g/mol. The van der Waals surface area contributed by atoms with Crippen LogP contribution in [-0.4, -0.2) is 17.7 Å². The van der Waals surface area contributed by atoms with Crippen molar-refractivity contribution in [1.82, 2.24) is 0 Å². The fourth-order valence-electron chi connectivity index (χ4n) is 2.01. The van der Waals surface area contributed by atoms with Crippen molar-refractivity contribution in [3.05, 3.63) is 28.3 Å². The minimum absolute atomic E-state index is 0.0712. The summed E-state index contributed by atoms with van der Waals surface area (Å²) in [6, 6.07) is 1.38. The van der Waals surface area contributed by atoms with Gasteiger partial charge in [-0.1, -0.05) is 13.3 Å². The summed E-state index contributed by atoms with van der Waals surface area (Å²) in [5.41, 5.74) is 0.118. The minimum atomic E-state index is -2.75. The van der Waals surface area contributed by atoms with E-state index >= 15 is 0 Å². The molecule has 1 aromatic carbocycles. The standard InChI is InChI=1S/C14H18F2O3/c1-4-5-6-19-10-7-8(2)11(14(17)18)9(3)12(10)13(15)16/h7,13H,4-6H2,1-3H3,(H,17,18). The Bertz CT molecular complexity index is 470. The molecule has 0 aliphatic carbocycles. The predicted molar refractivity (Wildman–Crippen MR) is 68.2 cm³/mol. The van der Waals surface area contributed by atoms with Gasteiger partial charge in [0.1, 0.15) is 5.75 Å². The van der Waals surface area contributed by atoms with Crippen LogP contribution in [0.1, 0.15) is 53.2 Å². The number of hydrogen-bond acceptors (Lipinski definition) is 2. The molecule has 0 unspecified atom stereocenters. The van der Waals surface area contributed by atoms with E-state index in [2.05, 4.69) is 0 Å². The van der Waals surface area contributed by atoms with Crippen LogP contribution >= 0.6 is 0 Å². The Morgan fingerprint density at radius 2 is 2.05 bits per heavy atom. The molecule has 0 aliphatic heterocycles. The Hall–Kier alpha value is -1.65. The van der Waals surface area contributed by atoms with E-state index in [1.807, 2.05) is 6.92 Å². The molecule has 3 nitrogen and oxygen atoms in total. The van der Waals surface area contributed by atoms with E-state index in [1.54, 1.807) is 6.92 Å². The van der Waals surface area contributed by atoms with Crippen LogP contribution in [0.2, 0.25) is 0 Å². The number of carboxylic acid groups (broad SMARTS) is 1. The van der Waals surface area contributed by atoms with Gasteiger partial charge in [-0.3, -0.25) is 0 Å². The molecule has 0 amide bonds. The number of benzene rings is 1. The lowest BCUT2D eigenvalue weighted by Gasteiger charge is -2.17. The summed E-state index contributed by atoms with van der Waals surface area (Å²) in [5, 5.41) is 9.07. The molecule has 0 radical (unpaired) electrons. The maximum atomic E-state index is 13.1. The van der Waals surface area contributed by atoms with Gasteiger partial charge in [0.2, 0.25) is 0 Å². The van der Waals surface area contributed by atoms with E-state index in [-0.39, 0.29) is 22.4 Å². The quantitative estimate of drug-likeness (QED) is 0.792. The van der Waals surface area contributed by atoms with E-state index in [9.17, 15) is 13.6 Å². The number of aromatic carboxylic acids is 1. The number of carbonyl (C=O) groups is 1. The fourth-order valence-corrected chi connectivity index (χ4v) is 2.01. The highest BCUT2D eigenvalue weighted by atomic mass is 19.3. The molecule has 0 aliphatic rings. The lowest BCUT2D eigenvalue weighted by atomic mass is 9.96. The van der Waals surface area contributed by atoms with Gasteiger partial charge in [-0.25, -0.2) is 13.6 Å². The maximum Gasteiger partial charge on any atom is 0.336 e. The number of aryl methyl sites for hydroxylation is 1. The van der Waals surface area contributed by atoms with E-state index in [4.69, 9.17) is 9.84 Å². The summed E-state index contributed by atoms with van der Waals surface area (Å²) in [6.45, 7) is 5.30. The topological polar surface area (TPSA) is 46.5 Å².